The van der Waals surface area contributed by atoms with Gasteiger partial charge in [-0.05, 0) is 36.4 Å². The third-order valence-corrected chi connectivity index (χ3v) is 5.36. The zero-order chi connectivity index (χ0) is 22.1. The highest BCUT2D eigenvalue weighted by atomic mass is 35.5. The van der Waals surface area contributed by atoms with Gasteiger partial charge in [0.1, 0.15) is 43.3 Å². The summed E-state index contributed by atoms with van der Waals surface area (Å²) in [6.45, 7) is -0.447. The van der Waals surface area contributed by atoms with Crippen LogP contribution in [0.25, 0.3) is 21.9 Å². The monoisotopic (exact) mass is 459 g/mol. The minimum atomic E-state index is -1.32. The van der Waals surface area contributed by atoms with Crippen LogP contribution in [0.15, 0.2) is 67.3 Å². The highest BCUT2D eigenvalue weighted by molar-refractivity contribution is 6.31. The third kappa shape index (κ3) is 4.49. The maximum atomic E-state index is 12.8. The summed E-state index contributed by atoms with van der Waals surface area (Å²) in [4.78, 5) is 37.4. The van der Waals surface area contributed by atoms with E-state index in [9.17, 15) is 19.5 Å². The van der Waals surface area contributed by atoms with Crippen molar-refractivity contribution in [2.45, 2.75) is 13.1 Å². The second-order valence-electron chi connectivity index (χ2n) is 7.11. The molecule has 2 aromatic carbocycles. The largest absolute Gasteiger partial charge is 0.544 e. The van der Waals surface area contributed by atoms with Crippen LogP contribution < -0.4 is 20.9 Å². The number of hydrogen-bond donors (Lipinski definition) is 1. The zero-order valence-corrected chi connectivity index (χ0v) is 17.5. The van der Waals surface area contributed by atoms with Crippen molar-refractivity contribution in [2.75, 3.05) is 6.54 Å². The number of nitrogens with one attached hydrogen (secondary N) is 1. The van der Waals surface area contributed by atoms with E-state index in [-0.39, 0.29) is 45.8 Å². The predicted molar refractivity (Wildman–Crippen MR) is 113 cm³/mol. The highest BCUT2D eigenvalue weighted by Gasteiger charge is 2.19. The lowest BCUT2D eigenvalue weighted by atomic mass is 10.1. The molecule has 4 rings (SSSR count). The number of halogens is 2. The van der Waals surface area contributed by atoms with Crippen molar-refractivity contribution in [1.82, 2.24) is 0 Å². The Morgan fingerprint density at radius 2 is 1.29 bits per heavy atom. The molecular weight excluding hydrogens is 445 g/mol. The van der Waals surface area contributed by atoms with Crippen LogP contribution in [0.3, 0.4) is 0 Å². The lowest BCUT2D eigenvalue weighted by Gasteiger charge is -2.19. The number of hydrogen-bond acceptors (Lipinski definition) is 6. The second kappa shape index (κ2) is 8.55. The molecule has 0 radical (unpaired) electrons. The second-order valence-corrected chi connectivity index (χ2v) is 7.99. The number of fused-ring (bicyclic) bond motifs is 2. The van der Waals surface area contributed by atoms with Gasteiger partial charge in [-0.2, -0.15) is 0 Å². The van der Waals surface area contributed by atoms with Crippen LogP contribution in [0.1, 0.15) is 11.1 Å². The van der Waals surface area contributed by atoms with Crippen molar-refractivity contribution < 1.29 is 23.6 Å². The maximum Gasteiger partial charge on any atom is 0.201 e. The molecular formula is C22H15Cl2NO6. The molecule has 158 valence electrons. The molecule has 0 aliphatic carbocycles. The topological polar surface area (TPSA) is 105 Å². The fourth-order valence-electron chi connectivity index (χ4n) is 3.46. The van der Waals surface area contributed by atoms with Crippen LogP contribution >= 0.6 is 23.2 Å². The van der Waals surface area contributed by atoms with Gasteiger partial charge >= 0.3 is 0 Å². The molecule has 0 saturated carbocycles. The van der Waals surface area contributed by atoms with Crippen molar-refractivity contribution in [3.05, 3.63) is 90.5 Å². The predicted octanol–water partition coefficient (Wildman–Crippen LogP) is 1.54. The van der Waals surface area contributed by atoms with E-state index < -0.39 is 12.5 Å². The van der Waals surface area contributed by atoms with Crippen molar-refractivity contribution in [3.63, 3.8) is 0 Å². The normalized spacial score (nSPS) is 11.5. The lowest BCUT2D eigenvalue weighted by molar-refractivity contribution is -0.922. The summed E-state index contributed by atoms with van der Waals surface area (Å²) in [6.07, 6.45) is 2.58. The molecule has 9 heteroatoms. The highest BCUT2D eigenvalue weighted by Crippen LogP contribution is 2.18. The molecule has 0 aliphatic rings. The fraction of sp³-hybridized carbons (Fsp3) is 0.136. The van der Waals surface area contributed by atoms with Crippen LogP contribution in [0.2, 0.25) is 10.0 Å². The molecule has 0 fully saturated rings. The summed E-state index contributed by atoms with van der Waals surface area (Å²) in [7, 11) is 0. The Labute approximate surface area is 185 Å². The quantitative estimate of drug-likeness (QED) is 0.468. The van der Waals surface area contributed by atoms with Crippen LogP contribution in [0.4, 0.5) is 0 Å². The molecule has 0 bridgehead atoms. The van der Waals surface area contributed by atoms with Crippen LogP contribution in [0, 0.1) is 0 Å². The molecule has 2 aromatic heterocycles. The van der Waals surface area contributed by atoms with Gasteiger partial charge in [-0.25, -0.2) is 0 Å². The molecule has 7 nitrogen and oxygen atoms in total. The van der Waals surface area contributed by atoms with Gasteiger partial charge in [0.25, 0.3) is 0 Å². The average Bonchev–Trinajstić information content (AvgIpc) is 2.72. The van der Waals surface area contributed by atoms with E-state index in [4.69, 9.17) is 32.0 Å². The summed E-state index contributed by atoms with van der Waals surface area (Å²) in [5.41, 5.74) is 0.589. The van der Waals surface area contributed by atoms with Crippen molar-refractivity contribution in [3.8, 4) is 0 Å². The number of quaternary nitrogens is 1. The van der Waals surface area contributed by atoms with E-state index in [0.717, 1.165) is 0 Å². The Bertz CT molecular complexity index is 1320. The van der Waals surface area contributed by atoms with E-state index in [1.54, 1.807) is 24.3 Å². The van der Waals surface area contributed by atoms with Crippen molar-refractivity contribution >= 4 is 51.1 Å². The summed E-state index contributed by atoms with van der Waals surface area (Å²) >= 11 is 11.9. The Morgan fingerprint density at radius 1 is 0.839 bits per heavy atom. The number of carboxylic acid groups (broad SMARTS) is 1. The summed E-state index contributed by atoms with van der Waals surface area (Å²) < 4.78 is 11.0. The first-order chi connectivity index (χ1) is 14.8. The zero-order valence-electron chi connectivity index (χ0n) is 15.9. The van der Waals surface area contributed by atoms with Crippen LogP contribution in [-0.2, 0) is 17.9 Å². The van der Waals surface area contributed by atoms with E-state index in [2.05, 4.69) is 0 Å². The molecule has 4 aromatic rings. The molecule has 0 atom stereocenters. The van der Waals surface area contributed by atoms with Gasteiger partial charge in [-0.15, -0.1) is 0 Å². The Morgan fingerprint density at radius 3 is 1.71 bits per heavy atom. The summed E-state index contributed by atoms with van der Waals surface area (Å²) in [5.74, 6) is -1.32. The average molecular weight is 460 g/mol. The number of rotatable bonds is 6. The van der Waals surface area contributed by atoms with Gasteiger partial charge in [0.2, 0.25) is 10.9 Å². The van der Waals surface area contributed by atoms with Crippen molar-refractivity contribution in [2.24, 2.45) is 0 Å². The van der Waals surface area contributed by atoms with Crippen LogP contribution in [0.5, 0.6) is 0 Å². The smallest absolute Gasteiger partial charge is 0.201 e. The standard InChI is InChI=1S/C22H15Cl2NO6/c23-14-1-3-18-16(5-14)21(28)12(10-30-18)7-25(9-20(26)27)8-13-11-31-19-4-2-15(24)6-17(19)22(13)29/h1-6,10-11H,7-9H2,(H,26,27). The number of carbonyl (C=O) groups excluding carboxylic acids is 1. The number of carbonyl (C=O) groups is 1. The molecule has 0 spiro atoms. The molecule has 0 unspecified atom stereocenters. The van der Waals surface area contributed by atoms with Gasteiger partial charge < -0.3 is 23.6 Å². The molecule has 1 N–H and O–H groups in total. The minimum Gasteiger partial charge on any atom is -0.544 e. The van der Waals surface area contributed by atoms with E-state index in [1.165, 1.54) is 24.7 Å². The third-order valence-electron chi connectivity index (χ3n) is 4.89. The maximum absolute atomic E-state index is 12.8. The molecule has 0 aliphatic heterocycles. The van der Waals surface area contributed by atoms with Gasteiger partial charge in [0, 0.05) is 10.0 Å². The Balaban J connectivity index is 1.70. The van der Waals surface area contributed by atoms with Crippen LogP contribution in [-0.4, -0.2) is 12.5 Å². The molecule has 31 heavy (non-hydrogen) atoms. The Kier molecular flexibility index (Phi) is 5.82. The van der Waals surface area contributed by atoms with Gasteiger partial charge in [0.05, 0.1) is 27.9 Å². The first-order valence-corrected chi connectivity index (χ1v) is 10.0. The van der Waals surface area contributed by atoms with Gasteiger partial charge in [-0.3, -0.25) is 9.59 Å². The van der Waals surface area contributed by atoms with Crippen molar-refractivity contribution in [1.29, 1.82) is 0 Å². The summed E-state index contributed by atoms with van der Waals surface area (Å²) in [5, 5.41) is 12.6. The summed E-state index contributed by atoms with van der Waals surface area (Å²) in [6, 6.07) is 9.36. The molecule has 2 heterocycles. The SMILES string of the molecule is O=C([O-])C[NH+](Cc1coc2ccc(Cl)cc2c1=O)Cc1coc2ccc(Cl)cc2c1=O. The van der Waals surface area contributed by atoms with E-state index >= 15 is 0 Å². The number of aliphatic carboxylic acids is 1. The first-order valence-electron chi connectivity index (χ1n) is 9.25. The van der Waals surface area contributed by atoms with E-state index in [1.807, 2.05) is 0 Å². The number of benzene rings is 2. The van der Waals surface area contributed by atoms with Gasteiger partial charge in [-0.1, -0.05) is 23.2 Å². The van der Waals surface area contributed by atoms with Gasteiger partial charge in [0.15, 0.2) is 0 Å². The minimum absolute atomic E-state index is 0.00815. The number of carboxylic acids is 1. The lowest BCUT2D eigenvalue weighted by Crippen LogP contribution is -3.11. The first kappa shape index (κ1) is 21.1. The Hall–Kier alpha value is -3.13. The molecule has 0 amide bonds. The molecule has 0 saturated heterocycles. The van der Waals surface area contributed by atoms with E-state index in [0.29, 0.717) is 26.1 Å². The fourth-order valence-corrected chi connectivity index (χ4v) is 3.81.